The predicted molar refractivity (Wildman–Crippen MR) is 76.2 cm³/mol. The van der Waals surface area contributed by atoms with Gasteiger partial charge in [-0.3, -0.25) is 9.59 Å². The van der Waals surface area contributed by atoms with Gasteiger partial charge in [0.2, 0.25) is 5.91 Å². The van der Waals surface area contributed by atoms with E-state index in [2.05, 4.69) is 10.6 Å². The highest BCUT2D eigenvalue weighted by Crippen LogP contribution is 2.14. The Labute approximate surface area is 122 Å². The number of hydrogen-bond donors (Lipinski definition) is 2. The molecule has 0 saturated heterocycles. The molecule has 0 bridgehead atoms. The first-order chi connectivity index (χ1) is 9.10. The van der Waals surface area contributed by atoms with Crippen molar-refractivity contribution in [1.29, 1.82) is 0 Å². The van der Waals surface area contributed by atoms with Crippen molar-refractivity contribution in [2.75, 3.05) is 0 Å². The summed E-state index contributed by atoms with van der Waals surface area (Å²) in [6, 6.07) is 2.90. The predicted octanol–water partition coefficient (Wildman–Crippen LogP) is 2.51. The highest BCUT2D eigenvalue weighted by molar-refractivity contribution is 6.31. The van der Waals surface area contributed by atoms with Crippen molar-refractivity contribution in [1.82, 2.24) is 10.6 Å². The van der Waals surface area contributed by atoms with Crippen molar-refractivity contribution in [2.24, 2.45) is 0 Å². The van der Waals surface area contributed by atoms with Gasteiger partial charge >= 0.3 is 0 Å². The standard InChI is InChI=1S/C14H18ClFN2O2/c1-8(12(19)18-14(2,3)4)17-13(20)10-7-9(15)5-6-11(10)16/h5-8H,1-4H3,(H,17,20)(H,18,19). The molecule has 0 radical (unpaired) electrons. The Morgan fingerprint density at radius 3 is 2.45 bits per heavy atom. The topological polar surface area (TPSA) is 58.2 Å². The highest BCUT2D eigenvalue weighted by atomic mass is 35.5. The van der Waals surface area contributed by atoms with Crippen LogP contribution in [0.25, 0.3) is 0 Å². The number of nitrogens with one attached hydrogen (secondary N) is 2. The van der Waals surface area contributed by atoms with E-state index in [4.69, 9.17) is 11.6 Å². The lowest BCUT2D eigenvalue weighted by Crippen LogP contribution is -2.50. The van der Waals surface area contributed by atoms with Gasteiger partial charge in [0.15, 0.2) is 0 Å². The molecule has 6 heteroatoms. The average molecular weight is 301 g/mol. The van der Waals surface area contributed by atoms with E-state index >= 15 is 0 Å². The van der Waals surface area contributed by atoms with Crippen LogP contribution in [0, 0.1) is 5.82 Å². The minimum atomic E-state index is -0.778. The third kappa shape index (κ3) is 4.81. The summed E-state index contributed by atoms with van der Waals surface area (Å²) in [5.74, 6) is -1.70. The van der Waals surface area contributed by atoms with Crippen LogP contribution >= 0.6 is 11.6 Å². The van der Waals surface area contributed by atoms with Crippen LogP contribution in [0.1, 0.15) is 38.1 Å². The minimum absolute atomic E-state index is 0.187. The summed E-state index contributed by atoms with van der Waals surface area (Å²) in [4.78, 5) is 23.7. The number of amides is 2. The Balaban J connectivity index is 2.75. The largest absolute Gasteiger partial charge is 0.350 e. The molecule has 0 heterocycles. The Bertz CT molecular complexity index is 526. The molecule has 0 aliphatic rings. The maximum atomic E-state index is 13.5. The van der Waals surface area contributed by atoms with Crippen LogP contribution in [-0.2, 0) is 4.79 Å². The van der Waals surface area contributed by atoms with E-state index in [0.29, 0.717) is 0 Å². The maximum Gasteiger partial charge on any atom is 0.254 e. The number of halogens is 2. The second-order valence-corrected chi connectivity index (χ2v) is 6.00. The van der Waals surface area contributed by atoms with Gasteiger partial charge in [0.25, 0.3) is 5.91 Å². The lowest BCUT2D eigenvalue weighted by atomic mass is 10.1. The SMILES string of the molecule is CC(NC(=O)c1cc(Cl)ccc1F)C(=O)NC(C)(C)C. The molecule has 1 rings (SSSR count). The van der Waals surface area contributed by atoms with Crippen LogP contribution in [-0.4, -0.2) is 23.4 Å². The highest BCUT2D eigenvalue weighted by Gasteiger charge is 2.22. The Morgan fingerprint density at radius 2 is 1.90 bits per heavy atom. The van der Waals surface area contributed by atoms with Crippen molar-refractivity contribution >= 4 is 23.4 Å². The molecular formula is C14H18ClFN2O2. The quantitative estimate of drug-likeness (QED) is 0.901. The maximum absolute atomic E-state index is 13.5. The smallest absolute Gasteiger partial charge is 0.254 e. The average Bonchev–Trinajstić information content (AvgIpc) is 2.29. The van der Waals surface area contributed by atoms with E-state index in [1.165, 1.54) is 19.1 Å². The summed E-state index contributed by atoms with van der Waals surface area (Å²) in [6.07, 6.45) is 0. The van der Waals surface area contributed by atoms with Gasteiger partial charge in [-0.05, 0) is 45.9 Å². The van der Waals surface area contributed by atoms with Gasteiger partial charge < -0.3 is 10.6 Å². The first kappa shape index (κ1) is 16.4. The van der Waals surface area contributed by atoms with Crippen LogP contribution in [0.4, 0.5) is 4.39 Å². The lowest BCUT2D eigenvalue weighted by Gasteiger charge is -2.23. The molecule has 0 spiro atoms. The summed E-state index contributed by atoms with van der Waals surface area (Å²) in [7, 11) is 0. The van der Waals surface area contributed by atoms with Crippen molar-refractivity contribution in [2.45, 2.75) is 39.3 Å². The van der Waals surface area contributed by atoms with Crippen LogP contribution in [0.5, 0.6) is 0 Å². The van der Waals surface area contributed by atoms with Crippen molar-refractivity contribution in [3.8, 4) is 0 Å². The molecule has 2 N–H and O–H groups in total. The molecule has 0 aliphatic heterocycles. The fourth-order valence-corrected chi connectivity index (χ4v) is 1.66. The van der Waals surface area contributed by atoms with E-state index in [0.717, 1.165) is 6.07 Å². The Kier molecular flexibility index (Phi) is 5.11. The molecule has 1 atom stereocenters. The third-order valence-corrected chi connectivity index (χ3v) is 2.65. The van der Waals surface area contributed by atoms with Gasteiger partial charge in [-0.2, -0.15) is 0 Å². The lowest BCUT2D eigenvalue weighted by molar-refractivity contribution is -0.124. The fourth-order valence-electron chi connectivity index (χ4n) is 1.49. The normalized spacial score (nSPS) is 12.7. The molecule has 1 unspecified atom stereocenters. The molecule has 0 aromatic heterocycles. The number of rotatable bonds is 3. The van der Waals surface area contributed by atoms with Crippen LogP contribution in [0.15, 0.2) is 18.2 Å². The zero-order valence-electron chi connectivity index (χ0n) is 11.9. The van der Waals surface area contributed by atoms with E-state index in [-0.39, 0.29) is 16.5 Å². The van der Waals surface area contributed by atoms with Gasteiger partial charge in [-0.25, -0.2) is 4.39 Å². The molecular weight excluding hydrogens is 283 g/mol. The van der Waals surface area contributed by atoms with E-state index < -0.39 is 23.3 Å². The van der Waals surface area contributed by atoms with Crippen molar-refractivity contribution in [3.63, 3.8) is 0 Å². The minimum Gasteiger partial charge on any atom is -0.350 e. The molecule has 20 heavy (non-hydrogen) atoms. The van der Waals surface area contributed by atoms with Gasteiger partial charge in [-0.15, -0.1) is 0 Å². The Hall–Kier alpha value is -1.62. The molecule has 0 fully saturated rings. The fraction of sp³-hybridized carbons (Fsp3) is 0.429. The van der Waals surface area contributed by atoms with Gasteiger partial charge in [-0.1, -0.05) is 11.6 Å². The summed E-state index contributed by atoms with van der Waals surface area (Å²) < 4.78 is 13.5. The van der Waals surface area contributed by atoms with Crippen molar-refractivity contribution < 1.29 is 14.0 Å². The molecule has 0 aliphatic carbocycles. The molecule has 2 amide bonds. The van der Waals surface area contributed by atoms with E-state index in [9.17, 15) is 14.0 Å². The zero-order chi connectivity index (χ0) is 15.5. The first-order valence-electron chi connectivity index (χ1n) is 6.18. The molecule has 1 aromatic rings. The Morgan fingerprint density at radius 1 is 1.30 bits per heavy atom. The monoisotopic (exact) mass is 300 g/mol. The third-order valence-electron chi connectivity index (χ3n) is 2.41. The van der Waals surface area contributed by atoms with Gasteiger partial charge in [0.05, 0.1) is 5.56 Å². The summed E-state index contributed by atoms with van der Waals surface area (Å²) >= 11 is 5.72. The van der Waals surface area contributed by atoms with Gasteiger partial charge in [0, 0.05) is 10.6 Å². The summed E-state index contributed by atoms with van der Waals surface area (Å²) in [6.45, 7) is 7.02. The second-order valence-electron chi connectivity index (χ2n) is 5.56. The van der Waals surface area contributed by atoms with Gasteiger partial charge in [0.1, 0.15) is 11.9 Å². The molecule has 4 nitrogen and oxygen atoms in total. The first-order valence-corrected chi connectivity index (χ1v) is 6.56. The number of benzene rings is 1. The van der Waals surface area contributed by atoms with E-state index in [1.807, 2.05) is 20.8 Å². The molecule has 1 aromatic carbocycles. The second kappa shape index (κ2) is 6.22. The number of carbonyl (C=O) groups is 2. The summed E-state index contributed by atoms with van der Waals surface area (Å²) in [5, 5.41) is 5.42. The number of hydrogen-bond acceptors (Lipinski definition) is 2. The number of carbonyl (C=O) groups excluding carboxylic acids is 2. The zero-order valence-corrected chi connectivity index (χ0v) is 12.6. The van der Waals surface area contributed by atoms with Crippen LogP contribution in [0.3, 0.4) is 0 Å². The van der Waals surface area contributed by atoms with Crippen LogP contribution in [0.2, 0.25) is 5.02 Å². The summed E-state index contributed by atoms with van der Waals surface area (Å²) in [5.41, 5.74) is -0.593. The van der Waals surface area contributed by atoms with Crippen LogP contribution < -0.4 is 10.6 Å². The molecule has 0 saturated carbocycles. The molecule has 110 valence electrons. The van der Waals surface area contributed by atoms with E-state index in [1.54, 1.807) is 0 Å². The van der Waals surface area contributed by atoms with Crippen molar-refractivity contribution in [3.05, 3.63) is 34.6 Å².